The third kappa shape index (κ3) is 3.33. The minimum Gasteiger partial charge on any atom is -0.456 e. The molecule has 4 rings (SSSR count). The number of benzene rings is 2. The number of nitrogens with one attached hydrogen (secondary N) is 1. The number of para-hydroxylation sites is 1. The van der Waals surface area contributed by atoms with Gasteiger partial charge >= 0.3 is 17.8 Å². The van der Waals surface area contributed by atoms with Crippen LogP contribution in [-0.2, 0) is 14.4 Å². The quantitative estimate of drug-likeness (QED) is 0.531. The molecule has 0 aliphatic carbocycles. The van der Waals surface area contributed by atoms with Crippen LogP contribution in [0.4, 0.5) is 10.5 Å². The summed E-state index contributed by atoms with van der Waals surface area (Å²) >= 11 is 0. The van der Waals surface area contributed by atoms with Gasteiger partial charge in [-0.15, -0.1) is 0 Å². The molecule has 3 aromatic rings. The molecule has 29 heavy (non-hydrogen) atoms. The maximum Gasteiger partial charge on any atom is 0.334 e. The molecule has 8 nitrogen and oxygen atoms in total. The average Bonchev–Trinajstić information content (AvgIpc) is 3.14. The highest BCUT2D eigenvalue weighted by atomic mass is 16.3. The summed E-state index contributed by atoms with van der Waals surface area (Å²) in [4.78, 5) is 50.4. The van der Waals surface area contributed by atoms with Gasteiger partial charge in [0, 0.05) is 23.0 Å². The molecule has 0 atom stereocenters. The van der Waals surface area contributed by atoms with E-state index in [0.29, 0.717) is 16.2 Å². The smallest absolute Gasteiger partial charge is 0.334 e. The van der Waals surface area contributed by atoms with Crippen molar-refractivity contribution in [2.75, 3.05) is 18.4 Å². The monoisotopic (exact) mass is 393 g/mol. The summed E-state index contributed by atoms with van der Waals surface area (Å²) in [5, 5.41) is 4.42. The van der Waals surface area contributed by atoms with Gasteiger partial charge in [-0.25, -0.2) is 9.69 Å². The van der Waals surface area contributed by atoms with E-state index in [9.17, 15) is 19.2 Å². The molecule has 1 aliphatic heterocycles. The van der Waals surface area contributed by atoms with E-state index in [1.165, 1.54) is 0 Å². The zero-order valence-corrected chi connectivity index (χ0v) is 16.0. The third-order valence-electron chi connectivity index (χ3n) is 4.64. The second-order valence-corrected chi connectivity index (χ2v) is 7.34. The number of anilines is 1. The minimum absolute atomic E-state index is 0.0148. The molecule has 0 unspecified atom stereocenters. The van der Waals surface area contributed by atoms with Gasteiger partial charge in [0.1, 0.15) is 17.7 Å². The Kier molecular flexibility index (Phi) is 4.54. The molecule has 0 bridgehead atoms. The molecule has 1 aromatic heterocycles. The van der Waals surface area contributed by atoms with E-state index in [-0.39, 0.29) is 12.5 Å². The molecule has 0 saturated carbocycles. The predicted octanol–water partition coefficient (Wildman–Crippen LogP) is 2.97. The Balaban J connectivity index is 1.51. The molecule has 2 heterocycles. The van der Waals surface area contributed by atoms with Crippen molar-refractivity contribution in [1.29, 1.82) is 0 Å². The Morgan fingerprint density at radius 3 is 2.41 bits per heavy atom. The number of urea groups is 1. The molecule has 1 N–H and O–H groups in total. The SMILES string of the molecule is CC(C)CN1C(=O)C(=O)N(CC(=O)Nc2ccc3oc4ccccc4c3c2)C1=O. The molecule has 1 aliphatic rings. The molecule has 0 spiro atoms. The summed E-state index contributed by atoms with van der Waals surface area (Å²) in [6.45, 7) is 3.26. The number of imide groups is 2. The Labute approximate surface area is 166 Å². The first kappa shape index (κ1) is 18.7. The molecule has 5 amide bonds. The van der Waals surface area contributed by atoms with E-state index in [4.69, 9.17) is 4.42 Å². The van der Waals surface area contributed by atoms with Gasteiger partial charge in [0.05, 0.1) is 0 Å². The first-order chi connectivity index (χ1) is 13.8. The number of rotatable bonds is 5. The largest absolute Gasteiger partial charge is 0.456 e. The van der Waals surface area contributed by atoms with Crippen LogP contribution in [0.1, 0.15) is 13.8 Å². The Hall–Kier alpha value is -3.68. The molecule has 0 radical (unpaired) electrons. The van der Waals surface area contributed by atoms with Gasteiger partial charge in [-0.1, -0.05) is 32.0 Å². The topological polar surface area (TPSA) is 99.9 Å². The zero-order chi connectivity index (χ0) is 20.7. The average molecular weight is 393 g/mol. The van der Waals surface area contributed by atoms with Crippen LogP contribution in [0.2, 0.25) is 0 Å². The summed E-state index contributed by atoms with van der Waals surface area (Å²) in [5.74, 6) is -2.44. The van der Waals surface area contributed by atoms with Crippen LogP contribution < -0.4 is 5.32 Å². The highest BCUT2D eigenvalue weighted by Gasteiger charge is 2.45. The fraction of sp³-hybridized carbons (Fsp3) is 0.238. The molecule has 1 fully saturated rings. The Bertz CT molecular complexity index is 1160. The summed E-state index contributed by atoms with van der Waals surface area (Å²) in [7, 11) is 0. The van der Waals surface area contributed by atoms with Gasteiger partial charge in [0.15, 0.2) is 0 Å². The van der Waals surface area contributed by atoms with Crippen molar-refractivity contribution in [2.45, 2.75) is 13.8 Å². The summed E-state index contributed by atoms with van der Waals surface area (Å²) in [5.41, 5.74) is 1.92. The van der Waals surface area contributed by atoms with Crippen LogP contribution in [0.3, 0.4) is 0 Å². The number of fused-ring (bicyclic) bond motifs is 3. The van der Waals surface area contributed by atoms with Crippen molar-refractivity contribution in [2.24, 2.45) is 5.92 Å². The van der Waals surface area contributed by atoms with E-state index < -0.39 is 30.3 Å². The zero-order valence-electron chi connectivity index (χ0n) is 16.0. The molecule has 148 valence electrons. The molecule has 1 saturated heterocycles. The van der Waals surface area contributed by atoms with Gasteiger partial charge in [0.2, 0.25) is 5.91 Å². The van der Waals surface area contributed by atoms with Gasteiger partial charge in [0.25, 0.3) is 0 Å². The lowest BCUT2D eigenvalue weighted by atomic mass is 10.1. The van der Waals surface area contributed by atoms with Crippen molar-refractivity contribution in [3.63, 3.8) is 0 Å². The fourth-order valence-electron chi connectivity index (χ4n) is 3.36. The van der Waals surface area contributed by atoms with Crippen molar-refractivity contribution in [3.8, 4) is 0 Å². The summed E-state index contributed by atoms with van der Waals surface area (Å²) < 4.78 is 5.75. The van der Waals surface area contributed by atoms with Crippen molar-refractivity contribution >= 4 is 51.4 Å². The predicted molar refractivity (Wildman–Crippen MR) is 106 cm³/mol. The van der Waals surface area contributed by atoms with Gasteiger partial charge in [-0.05, 0) is 30.2 Å². The Morgan fingerprint density at radius 2 is 1.66 bits per heavy atom. The van der Waals surface area contributed by atoms with Gasteiger partial charge in [-0.2, -0.15) is 0 Å². The number of furan rings is 1. The second kappa shape index (κ2) is 7.05. The lowest BCUT2D eigenvalue weighted by Gasteiger charge is -2.16. The molecular weight excluding hydrogens is 374 g/mol. The number of nitrogens with zero attached hydrogens (tertiary/aromatic N) is 2. The lowest BCUT2D eigenvalue weighted by Crippen LogP contribution is -2.39. The van der Waals surface area contributed by atoms with E-state index in [1.807, 2.05) is 38.1 Å². The lowest BCUT2D eigenvalue weighted by molar-refractivity contribution is -0.143. The van der Waals surface area contributed by atoms with E-state index in [1.54, 1.807) is 18.2 Å². The number of carbonyl (C=O) groups is 4. The number of hydrogen-bond acceptors (Lipinski definition) is 5. The normalized spacial score (nSPS) is 14.7. The van der Waals surface area contributed by atoms with Crippen LogP contribution in [0.15, 0.2) is 46.9 Å². The van der Waals surface area contributed by atoms with Gasteiger partial charge in [-0.3, -0.25) is 19.3 Å². The van der Waals surface area contributed by atoms with E-state index in [2.05, 4.69) is 5.32 Å². The van der Waals surface area contributed by atoms with Crippen molar-refractivity contribution in [3.05, 3.63) is 42.5 Å². The van der Waals surface area contributed by atoms with E-state index >= 15 is 0 Å². The Morgan fingerprint density at radius 1 is 0.966 bits per heavy atom. The minimum atomic E-state index is -0.984. The van der Waals surface area contributed by atoms with Crippen LogP contribution in [0.5, 0.6) is 0 Å². The maximum absolute atomic E-state index is 12.4. The fourth-order valence-corrected chi connectivity index (χ4v) is 3.36. The number of hydrogen-bond donors (Lipinski definition) is 1. The highest BCUT2D eigenvalue weighted by molar-refractivity contribution is 6.45. The first-order valence-electron chi connectivity index (χ1n) is 9.23. The summed E-state index contributed by atoms with van der Waals surface area (Å²) in [6.07, 6.45) is 0. The molecule has 8 heteroatoms. The van der Waals surface area contributed by atoms with Crippen molar-refractivity contribution < 1.29 is 23.6 Å². The molecular formula is C21H19N3O5. The summed E-state index contributed by atoms with van der Waals surface area (Å²) in [6, 6.07) is 12.0. The van der Waals surface area contributed by atoms with Crippen LogP contribution >= 0.6 is 0 Å². The standard InChI is InChI=1S/C21H19N3O5/c1-12(2)10-23-19(26)20(27)24(21(23)28)11-18(25)22-13-7-8-17-15(9-13)14-5-3-4-6-16(14)29-17/h3-9,12H,10-11H2,1-2H3,(H,22,25). The molecule has 2 aromatic carbocycles. The van der Waals surface area contributed by atoms with Crippen LogP contribution in [-0.4, -0.2) is 46.6 Å². The first-order valence-corrected chi connectivity index (χ1v) is 9.23. The number of carbonyl (C=O) groups excluding carboxylic acids is 4. The number of amides is 5. The maximum atomic E-state index is 12.4. The third-order valence-corrected chi connectivity index (χ3v) is 4.64. The van der Waals surface area contributed by atoms with Crippen molar-refractivity contribution in [1.82, 2.24) is 9.80 Å². The van der Waals surface area contributed by atoms with E-state index in [0.717, 1.165) is 21.3 Å². The second-order valence-electron chi connectivity index (χ2n) is 7.34. The van der Waals surface area contributed by atoms with Crippen LogP contribution in [0, 0.1) is 5.92 Å². The van der Waals surface area contributed by atoms with Crippen LogP contribution in [0.25, 0.3) is 21.9 Å². The van der Waals surface area contributed by atoms with Gasteiger partial charge < -0.3 is 9.73 Å². The highest BCUT2D eigenvalue weighted by Crippen LogP contribution is 2.30.